The molecule has 2 aromatic heterocycles. The molecule has 2 N–H and O–H groups in total. The van der Waals surface area contributed by atoms with E-state index in [1.54, 1.807) is 11.7 Å². The first-order valence-electron chi connectivity index (χ1n) is 9.70. The van der Waals surface area contributed by atoms with Crippen molar-refractivity contribution in [3.8, 4) is 0 Å². The summed E-state index contributed by atoms with van der Waals surface area (Å²) in [6.45, 7) is 2.38. The van der Waals surface area contributed by atoms with Crippen LogP contribution in [0.15, 0.2) is 30.3 Å². The predicted molar refractivity (Wildman–Crippen MR) is 113 cm³/mol. The van der Waals surface area contributed by atoms with Gasteiger partial charge in [0.15, 0.2) is 5.69 Å². The van der Waals surface area contributed by atoms with Crippen molar-refractivity contribution in [2.75, 3.05) is 12.4 Å². The van der Waals surface area contributed by atoms with E-state index in [0.717, 1.165) is 36.8 Å². The van der Waals surface area contributed by atoms with Gasteiger partial charge in [0.2, 0.25) is 0 Å². The zero-order valence-electron chi connectivity index (χ0n) is 16.5. The van der Waals surface area contributed by atoms with Crippen LogP contribution in [-0.4, -0.2) is 33.9 Å². The van der Waals surface area contributed by atoms with Crippen molar-refractivity contribution in [3.63, 3.8) is 0 Å². The zero-order chi connectivity index (χ0) is 20.4. The number of carbonyl (C=O) groups is 2. The number of benzene rings is 1. The topological polar surface area (TPSA) is 88.9 Å². The number of hydrogen-bond donors (Lipinski definition) is 2. The molecule has 0 spiro atoms. The van der Waals surface area contributed by atoms with E-state index >= 15 is 0 Å². The van der Waals surface area contributed by atoms with E-state index in [1.165, 1.54) is 16.2 Å². The SMILES string of the molecule is CNC(=O)c1c(NC(=O)c2nnn(Cc3ccccc3)c2C)sc2c1CCCC2. The van der Waals surface area contributed by atoms with Crippen molar-refractivity contribution >= 4 is 28.2 Å². The maximum absolute atomic E-state index is 12.9. The third-order valence-electron chi connectivity index (χ3n) is 5.23. The Kier molecular flexibility index (Phi) is 5.44. The Morgan fingerprint density at radius 1 is 1.14 bits per heavy atom. The highest BCUT2D eigenvalue weighted by Gasteiger charge is 2.27. The van der Waals surface area contributed by atoms with Gasteiger partial charge in [-0.25, -0.2) is 4.68 Å². The fourth-order valence-electron chi connectivity index (χ4n) is 3.66. The molecule has 2 amide bonds. The van der Waals surface area contributed by atoms with Crippen molar-refractivity contribution < 1.29 is 9.59 Å². The van der Waals surface area contributed by atoms with Crippen LogP contribution in [-0.2, 0) is 19.4 Å². The van der Waals surface area contributed by atoms with Crippen molar-refractivity contribution in [2.24, 2.45) is 0 Å². The summed E-state index contributed by atoms with van der Waals surface area (Å²) >= 11 is 1.50. The second-order valence-corrected chi connectivity index (χ2v) is 8.22. The molecular formula is C21H23N5O2S. The maximum atomic E-state index is 12.9. The summed E-state index contributed by atoms with van der Waals surface area (Å²) < 4.78 is 1.71. The molecule has 1 aliphatic rings. The highest BCUT2D eigenvalue weighted by atomic mass is 32.1. The largest absolute Gasteiger partial charge is 0.355 e. The van der Waals surface area contributed by atoms with Crippen LogP contribution in [0, 0.1) is 6.92 Å². The van der Waals surface area contributed by atoms with E-state index in [9.17, 15) is 9.59 Å². The van der Waals surface area contributed by atoms with E-state index < -0.39 is 0 Å². The van der Waals surface area contributed by atoms with Crippen molar-refractivity contribution in [1.29, 1.82) is 0 Å². The number of aryl methyl sites for hydroxylation is 1. The molecule has 0 unspecified atom stereocenters. The first-order valence-corrected chi connectivity index (χ1v) is 10.5. The lowest BCUT2D eigenvalue weighted by Gasteiger charge is -2.12. The van der Waals surface area contributed by atoms with Crippen molar-refractivity contribution in [2.45, 2.75) is 39.2 Å². The maximum Gasteiger partial charge on any atom is 0.278 e. The molecular weight excluding hydrogens is 386 g/mol. The van der Waals surface area contributed by atoms with Gasteiger partial charge in [-0.2, -0.15) is 0 Å². The van der Waals surface area contributed by atoms with E-state index in [1.807, 2.05) is 37.3 Å². The van der Waals surface area contributed by atoms with Crippen LogP contribution in [0.1, 0.15) is 55.4 Å². The molecule has 0 radical (unpaired) electrons. The standard InChI is InChI=1S/C21H23N5O2S/c1-13-18(24-25-26(13)12-14-8-4-3-5-9-14)20(28)23-21-17(19(27)22-2)15-10-6-7-11-16(15)29-21/h3-5,8-9H,6-7,10-12H2,1-2H3,(H,22,27)(H,23,28). The van der Waals surface area contributed by atoms with E-state index in [-0.39, 0.29) is 17.5 Å². The first-order chi connectivity index (χ1) is 14.1. The van der Waals surface area contributed by atoms with Crippen molar-refractivity contribution in [1.82, 2.24) is 20.3 Å². The fraction of sp³-hybridized carbons (Fsp3) is 0.333. The number of anilines is 1. The Hall–Kier alpha value is -3.00. The van der Waals surface area contributed by atoms with Gasteiger partial charge in [0.25, 0.3) is 11.8 Å². The number of fused-ring (bicyclic) bond motifs is 1. The molecule has 0 atom stereocenters. The molecule has 4 rings (SSSR count). The van der Waals surface area contributed by atoms with Gasteiger partial charge in [0.1, 0.15) is 5.00 Å². The van der Waals surface area contributed by atoms with Crippen LogP contribution in [0.5, 0.6) is 0 Å². The summed E-state index contributed by atoms with van der Waals surface area (Å²) in [4.78, 5) is 26.6. The smallest absolute Gasteiger partial charge is 0.278 e. The Morgan fingerprint density at radius 2 is 1.90 bits per heavy atom. The van der Waals surface area contributed by atoms with Crippen LogP contribution in [0.25, 0.3) is 0 Å². The lowest BCUT2D eigenvalue weighted by atomic mass is 9.95. The summed E-state index contributed by atoms with van der Waals surface area (Å²) in [5.41, 5.74) is 3.71. The zero-order valence-corrected chi connectivity index (χ0v) is 17.3. The number of aromatic nitrogens is 3. The minimum atomic E-state index is -0.342. The van der Waals surface area contributed by atoms with Crippen LogP contribution in [0.2, 0.25) is 0 Å². The van der Waals surface area contributed by atoms with Gasteiger partial charge in [0.05, 0.1) is 17.8 Å². The Labute approximate surface area is 173 Å². The molecule has 7 nitrogen and oxygen atoms in total. The number of nitrogens with one attached hydrogen (secondary N) is 2. The van der Waals surface area contributed by atoms with Crippen LogP contribution < -0.4 is 10.6 Å². The normalized spacial score (nSPS) is 13.0. The second kappa shape index (κ2) is 8.16. The van der Waals surface area contributed by atoms with E-state index in [4.69, 9.17) is 0 Å². The minimum Gasteiger partial charge on any atom is -0.355 e. The Morgan fingerprint density at radius 3 is 2.66 bits per heavy atom. The Bertz CT molecular complexity index is 1050. The summed E-state index contributed by atoms with van der Waals surface area (Å²) in [7, 11) is 1.61. The number of thiophene rings is 1. The molecule has 1 aromatic carbocycles. The van der Waals surface area contributed by atoms with Gasteiger partial charge in [-0.1, -0.05) is 35.5 Å². The highest BCUT2D eigenvalue weighted by Crippen LogP contribution is 2.38. The summed E-state index contributed by atoms with van der Waals surface area (Å²) in [6.07, 6.45) is 4.00. The molecule has 150 valence electrons. The Balaban J connectivity index is 1.59. The molecule has 29 heavy (non-hydrogen) atoms. The second-order valence-electron chi connectivity index (χ2n) is 7.11. The third-order valence-corrected chi connectivity index (χ3v) is 6.43. The summed E-state index contributed by atoms with van der Waals surface area (Å²) in [5.74, 6) is -0.505. The summed E-state index contributed by atoms with van der Waals surface area (Å²) in [6, 6.07) is 9.91. The van der Waals surface area contributed by atoms with E-state index in [0.29, 0.717) is 22.8 Å². The predicted octanol–water partition coefficient (Wildman–Crippen LogP) is 3.19. The van der Waals surface area contributed by atoms with Gasteiger partial charge in [0, 0.05) is 11.9 Å². The average Bonchev–Trinajstić information content (AvgIpc) is 3.28. The number of carbonyl (C=O) groups excluding carboxylic acids is 2. The molecule has 0 bridgehead atoms. The third kappa shape index (κ3) is 3.80. The monoisotopic (exact) mass is 409 g/mol. The van der Waals surface area contributed by atoms with E-state index in [2.05, 4.69) is 20.9 Å². The quantitative estimate of drug-likeness (QED) is 0.677. The molecule has 3 aromatic rings. The number of amides is 2. The minimum absolute atomic E-state index is 0.163. The van der Waals surface area contributed by atoms with Gasteiger partial charge in [-0.05, 0) is 43.7 Å². The van der Waals surface area contributed by atoms with Gasteiger partial charge >= 0.3 is 0 Å². The lowest BCUT2D eigenvalue weighted by Crippen LogP contribution is -2.22. The molecule has 1 aliphatic carbocycles. The highest BCUT2D eigenvalue weighted by molar-refractivity contribution is 7.17. The lowest BCUT2D eigenvalue weighted by molar-refractivity contribution is 0.0963. The molecule has 0 saturated heterocycles. The number of hydrogen-bond acceptors (Lipinski definition) is 5. The van der Waals surface area contributed by atoms with Crippen LogP contribution >= 0.6 is 11.3 Å². The average molecular weight is 410 g/mol. The summed E-state index contributed by atoms with van der Waals surface area (Å²) in [5, 5.41) is 14.4. The number of nitrogens with zero attached hydrogens (tertiary/aromatic N) is 3. The first kappa shape index (κ1) is 19.3. The molecule has 0 saturated carbocycles. The molecule has 8 heteroatoms. The van der Waals surface area contributed by atoms with Gasteiger partial charge in [-0.3, -0.25) is 9.59 Å². The molecule has 2 heterocycles. The van der Waals surface area contributed by atoms with Crippen LogP contribution in [0.4, 0.5) is 5.00 Å². The van der Waals surface area contributed by atoms with Crippen LogP contribution in [0.3, 0.4) is 0 Å². The van der Waals surface area contributed by atoms with Gasteiger partial charge in [-0.15, -0.1) is 16.4 Å². The fourth-order valence-corrected chi connectivity index (χ4v) is 4.94. The van der Waals surface area contributed by atoms with Gasteiger partial charge < -0.3 is 10.6 Å². The number of rotatable bonds is 5. The molecule has 0 aliphatic heterocycles. The van der Waals surface area contributed by atoms with Crippen molar-refractivity contribution in [3.05, 3.63) is 63.3 Å². The molecule has 0 fully saturated rings.